The highest BCUT2D eigenvalue weighted by atomic mass is 32.2. The van der Waals surface area contributed by atoms with Crippen molar-refractivity contribution in [2.24, 2.45) is 16.8 Å². The van der Waals surface area contributed by atoms with E-state index in [4.69, 9.17) is 0 Å². The number of aliphatic imine (C=N–C) groups is 1. The molecular formula is C12H22N2S. The van der Waals surface area contributed by atoms with Gasteiger partial charge in [0, 0.05) is 11.3 Å². The predicted octanol–water partition coefficient (Wildman–Crippen LogP) is 2.89. The highest BCUT2D eigenvalue weighted by molar-refractivity contribution is 8.14. The molecule has 0 aromatic rings. The van der Waals surface area contributed by atoms with Crippen molar-refractivity contribution in [1.82, 2.24) is 5.32 Å². The lowest BCUT2D eigenvalue weighted by Crippen LogP contribution is -2.24. The van der Waals surface area contributed by atoms with E-state index >= 15 is 0 Å². The van der Waals surface area contributed by atoms with E-state index < -0.39 is 0 Å². The third-order valence-corrected chi connectivity index (χ3v) is 4.98. The van der Waals surface area contributed by atoms with Crippen LogP contribution in [0, 0.1) is 11.8 Å². The Bertz CT molecular complexity index is 248. The molecule has 1 N–H and O–H groups in total. The minimum Gasteiger partial charge on any atom is -0.362 e. The van der Waals surface area contributed by atoms with Crippen molar-refractivity contribution in [3.05, 3.63) is 0 Å². The first kappa shape index (κ1) is 11.3. The summed E-state index contributed by atoms with van der Waals surface area (Å²) in [6.45, 7) is 7.92. The van der Waals surface area contributed by atoms with Gasteiger partial charge in [-0.05, 0) is 18.3 Å². The lowest BCUT2D eigenvalue weighted by molar-refractivity contribution is 0.479. The molecule has 2 aliphatic rings. The van der Waals surface area contributed by atoms with Crippen molar-refractivity contribution in [1.29, 1.82) is 0 Å². The van der Waals surface area contributed by atoms with Gasteiger partial charge in [-0.25, -0.2) is 0 Å². The lowest BCUT2D eigenvalue weighted by Gasteiger charge is -2.18. The van der Waals surface area contributed by atoms with Gasteiger partial charge in [0.25, 0.3) is 0 Å². The van der Waals surface area contributed by atoms with Crippen molar-refractivity contribution in [2.75, 3.05) is 6.54 Å². The molecule has 3 unspecified atom stereocenters. The molecule has 2 nitrogen and oxygen atoms in total. The van der Waals surface area contributed by atoms with Crippen LogP contribution in [0.5, 0.6) is 0 Å². The van der Waals surface area contributed by atoms with Crippen LogP contribution in [0.15, 0.2) is 4.99 Å². The van der Waals surface area contributed by atoms with Crippen LogP contribution >= 0.6 is 11.8 Å². The van der Waals surface area contributed by atoms with E-state index in [1.807, 2.05) is 11.8 Å². The van der Waals surface area contributed by atoms with Crippen LogP contribution in [-0.4, -0.2) is 23.0 Å². The first-order chi connectivity index (χ1) is 7.24. The number of thioether (sulfide) groups is 1. The van der Waals surface area contributed by atoms with Crippen molar-refractivity contribution < 1.29 is 0 Å². The number of hydrogen-bond donors (Lipinski definition) is 1. The summed E-state index contributed by atoms with van der Waals surface area (Å²) < 4.78 is 0. The molecule has 0 spiro atoms. The Morgan fingerprint density at radius 1 is 1.47 bits per heavy atom. The van der Waals surface area contributed by atoms with Gasteiger partial charge in [0.05, 0.1) is 6.54 Å². The SMILES string of the molecule is CCC(CC)C1CN=C(NC2CC2C)S1. The Labute approximate surface area is 97.3 Å². The zero-order chi connectivity index (χ0) is 10.8. The summed E-state index contributed by atoms with van der Waals surface area (Å²) in [5.41, 5.74) is 0. The van der Waals surface area contributed by atoms with Gasteiger partial charge in [0.15, 0.2) is 5.17 Å². The van der Waals surface area contributed by atoms with Gasteiger partial charge in [-0.2, -0.15) is 0 Å². The van der Waals surface area contributed by atoms with Crippen LogP contribution in [0.25, 0.3) is 0 Å². The van der Waals surface area contributed by atoms with E-state index in [2.05, 4.69) is 31.1 Å². The molecule has 1 heterocycles. The number of nitrogens with one attached hydrogen (secondary N) is 1. The summed E-state index contributed by atoms with van der Waals surface area (Å²) in [5.74, 6) is 1.70. The quantitative estimate of drug-likeness (QED) is 0.797. The molecular weight excluding hydrogens is 204 g/mol. The Balaban J connectivity index is 1.77. The molecule has 1 aliphatic heterocycles. The van der Waals surface area contributed by atoms with E-state index in [1.165, 1.54) is 24.4 Å². The first-order valence-electron chi connectivity index (χ1n) is 6.22. The molecule has 86 valence electrons. The topological polar surface area (TPSA) is 24.4 Å². The molecule has 0 amide bonds. The highest BCUT2D eigenvalue weighted by Gasteiger charge is 2.35. The molecule has 2 rings (SSSR count). The Hall–Kier alpha value is -0.180. The minimum absolute atomic E-state index is 0.719. The summed E-state index contributed by atoms with van der Waals surface area (Å²) in [7, 11) is 0. The Morgan fingerprint density at radius 3 is 2.67 bits per heavy atom. The molecule has 1 aliphatic carbocycles. The second-order valence-corrected chi connectivity index (χ2v) is 6.07. The fraction of sp³-hybridized carbons (Fsp3) is 0.917. The average molecular weight is 226 g/mol. The van der Waals surface area contributed by atoms with Crippen LogP contribution in [0.2, 0.25) is 0 Å². The summed E-state index contributed by atoms with van der Waals surface area (Å²) in [5, 5.41) is 5.49. The maximum atomic E-state index is 4.62. The van der Waals surface area contributed by atoms with Gasteiger partial charge >= 0.3 is 0 Å². The fourth-order valence-corrected chi connectivity index (χ4v) is 3.59. The van der Waals surface area contributed by atoms with Crippen LogP contribution in [-0.2, 0) is 0 Å². The van der Waals surface area contributed by atoms with Gasteiger partial charge in [0.2, 0.25) is 0 Å². The lowest BCUT2D eigenvalue weighted by atomic mass is 9.99. The smallest absolute Gasteiger partial charge is 0.157 e. The van der Waals surface area contributed by atoms with Crippen LogP contribution in [0.4, 0.5) is 0 Å². The van der Waals surface area contributed by atoms with E-state index in [0.29, 0.717) is 0 Å². The Kier molecular flexibility index (Phi) is 3.60. The summed E-state index contributed by atoms with van der Waals surface area (Å²) in [6.07, 6.45) is 3.91. The molecule has 3 atom stereocenters. The molecule has 0 radical (unpaired) electrons. The molecule has 0 aromatic carbocycles. The third-order valence-electron chi connectivity index (χ3n) is 3.67. The van der Waals surface area contributed by atoms with Crippen LogP contribution in [0.3, 0.4) is 0 Å². The van der Waals surface area contributed by atoms with E-state index in [9.17, 15) is 0 Å². The van der Waals surface area contributed by atoms with Crippen molar-refractivity contribution in [3.8, 4) is 0 Å². The van der Waals surface area contributed by atoms with Crippen molar-refractivity contribution >= 4 is 16.9 Å². The third kappa shape index (κ3) is 2.68. The maximum absolute atomic E-state index is 4.62. The highest BCUT2D eigenvalue weighted by Crippen LogP contribution is 2.34. The van der Waals surface area contributed by atoms with Gasteiger partial charge in [0.1, 0.15) is 0 Å². The normalized spacial score (nSPS) is 34.4. The van der Waals surface area contributed by atoms with Gasteiger partial charge < -0.3 is 5.32 Å². The molecule has 1 saturated carbocycles. The predicted molar refractivity (Wildman–Crippen MR) is 68.5 cm³/mol. The largest absolute Gasteiger partial charge is 0.362 e. The zero-order valence-electron chi connectivity index (χ0n) is 9.99. The monoisotopic (exact) mass is 226 g/mol. The first-order valence-corrected chi connectivity index (χ1v) is 7.10. The number of amidine groups is 1. The van der Waals surface area contributed by atoms with Gasteiger partial charge in [-0.3, -0.25) is 4.99 Å². The van der Waals surface area contributed by atoms with Crippen LogP contribution in [0.1, 0.15) is 40.0 Å². The average Bonchev–Trinajstić information content (AvgIpc) is 2.74. The van der Waals surface area contributed by atoms with E-state index in [0.717, 1.165) is 29.7 Å². The fourth-order valence-electron chi connectivity index (χ4n) is 2.21. The standard InChI is InChI=1S/C12H22N2S/c1-4-9(5-2)11-7-13-12(15-11)14-10-6-8(10)3/h8-11H,4-7H2,1-3H3,(H,13,14). The molecule has 3 heteroatoms. The Morgan fingerprint density at radius 2 is 2.13 bits per heavy atom. The zero-order valence-corrected chi connectivity index (χ0v) is 10.8. The van der Waals surface area contributed by atoms with E-state index in [-0.39, 0.29) is 0 Å². The minimum atomic E-state index is 0.719. The van der Waals surface area contributed by atoms with Crippen molar-refractivity contribution in [2.45, 2.75) is 51.3 Å². The molecule has 1 fully saturated rings. The van der Waals surface area contributed by atoms with Crippen LogP contribution < -0.4 is 5.32 Å². The summed E-state index contributed by atoms with van der Waals surface area (Å²) in [6, 6.07) is 0.719. The molecule has 15 heavy (non-hydrogen) atoms. The van der Waals surface area contributed by atoms with Crippen molar-refractivity contribution in [3.63, 3.8) is 0 Å². The molecule has 0 bridgehead atoms. The van der Waals surface area contributed by atoms with E-state index in [1.54, 1.807) is 0 Å². The second-order valence-electron chi connectivity index (χ2n) is 4.84. The number of rotatable bonds is 4. The molecule has 0 aromatic heterocycles. The van der Waals surface area contributed by atoms with Gasteiger partial charge in [-0.15, -0.1) is 0 Å². The number of hydrogen-bond acceptors (Lipinski definition) is 3. The second kappa shape index (κ2) is 4.77. The molecule has 0 saturated heterocycles. The maximum Gasteiger partial charge on any atom is 0.157 e. The summed E-state index contributed by atoms with van der Waals surface area (Å²) in [4.78, 5) is 4.62. The van der Waals surface area contributed by atoms with Gasteiger partial charge in [-0.1, -0.05) is 45.4 Å². The summed E-state index contributed by atoms with van der Waals surface area (Å²) >= 11 is 1.98. The number of nitrogens with zero attached hydrogens (tertiary/aromatic N) is 1.